The Morgan fingerprint density at radius 1 is 1.18 bits per heavy atom. The molecule has 3 amide bonds. The number of hydrogen-bond acceptors (Lipinski definition) is 3. The Bertz CT molecular complexity index is 339. The zero-order chi connectivity index (χ0) is 11.8. The molecule has 2 aliphatic heterocycles. The first kappa shape index (κ1) is 11.0. The number of ether oxygens (including phenoxy) is 1. The van der Waals surface area contributed by atoms with E-state index in [1.807, 2.05) is 0 Å². The number of fused-ring (bicyclic) bond motifs is 1. The van der Waals surface area contributed by atoms with Crippen molar-refractivity contribution in [2.75, 3.05) is 13.2 Å². The first-order valence-electron chi connectivity index (χ1n) is 6.48. The number of urea groups is 1. The van der Waals surface area contributed by atoms with Gasteiger partial charge < -0.3 is 10.1 Å². The molecular weight excluding hydrogens is 220 g/mol. The molecule has 0 aromatic rings. The van der Waals surface area contributed by atoms with Gasteiger partial charge in [-0.05, 0) is 19.3 Å². The van der Waals surface area contributed by atoms with E-state index in [2.05, 4.69) is 5.32 Å². The summed E-state index contributed by atoms with van der Waals surface area (Å²) in [5.41, 5.74) is 0. The molecule has 3 rings (SSSR count). The summed E-state index contributed by atoms with van der Waals surface area (Å²) in [6.45, 7) is 1.15. The molecule has 0 aromatic carbocycles. The van der Waals surface area contributed by atoms with Crippen molar-refractivity contribution in [2.45, 2.75) is 44.2 Å². The summed E-state index contributed by atoms with van der Waals surface area (Å²) in [5.74, 6) is 0.0241. The number of imide groups is 1. The van der Waals surface area contributed by atoms with Crippen molar-refractivity contribution in [2.24, 2.45) is 5.92 Å². The number of amides is 3. The highest BCUT2D eigenvalue weighted by Gasteiger charge is 2.45. The van der Waals surface area contributed by atoms with Gasteiger partial charge in [-0.25, -0.2) is 4.79 Å². The highest BCUT2D eigenvalue weighted by Crippen LogP contribution is 2.31. The molecule has 2 heterocycles. The molecule has 0 aromatic heterocycles. The Hall–Kier alpha value is -1.10. The van der Waals surface area contributed by atoms with E-state index in [0.717, 1.165) is 32.1 Å². The molecule has 1 aliphatic carbocycles. The number of carbonyl (C=O) groups excluding carboxylic acids is 2. The SMILES string of the molecule is O=C1NC2CCCCC2C(=O)N1C1CCOC1. The highest BCUT2D eigenvalue weighted by molar-refractivity contribution is 5.99. The first-order chi connectivity index (χ1) is 8.27. The molecule has 5 heteroatoms. The summed E-state index contributed by atoms with van der Waals surface area (Å²) in [6.07, 6.45) is 4.83. The van der Waals surface area contributed by atoms with E-state index in [1.54, 1.807) is 0 Å². The van der Waals surface area contributed by atoms with Gasteiger partial charge in [-0.3, -0.25) is 9.69 Å². The van der Waals surface area contributed by atoms with Crippen LogP contribution in [0.4, 0.5) is 4.79 Å². The van der Waals surface area contributed by atoms with Gasteiger partial charge in [0.15, 0.2) is 0 Å². The van der Waals surface area contributed by atoms with Crippen LogP contribution < -0.4 is 5.32 Å². The Morgan fingerprint density at radius 2 is 2.00 bits per heavy atom. The molecular formula is C12H18N2O3. The lowest BCUT2D eigenvalue weighted by molar-refractivity contribution is -0.138. The van der Waals surface area contributed by atoms with Crippen molar-refractivity contribution in [1.29, 1.82) is 0 Å². The van der Waals surface area contributed by atoms with Gasteiger partial charge in [-0.2, -0.15) is 0 Å². The van der Waals surface area contributed by atoms with Gasteiger partial charge in [0.2, 0.25) is 5.91 Å². The molecule has 17 heavy (non-hydrogen) atoms. The van der Waals surface area contributed by atoms with Crippen molar-refractivity contribution in [3.8, 4) is 0 Å². The van der Waals surface area contributed by atoms with Crippen molar-refractivity contribution < 1.29 is 14.3 Å². The smallest absolute Gasteiger partial charge is 0.324 e. The lowest BCUT2D eigenvalue weighted by Crippen LogP contribution is -2.63. The van der Waals surface area contributed by atoms with Gasteiger partial charge in [0.25, 0.3) is 0 Å². The lowest BCUT2D eigenvalue weighted by Gasteiger charge is -2.41. The predicted octanol–water partition coefficient (Wildman–Crippen LogP) is 0.886. The molecule has 3 fully saturated rings. The molecule has 1 N–H and O–H groups in total. The van der Waals surface area contributed by atoms with Gasteiger partial charge in [0.05, 0.1) is 18.6 Å². The van der Waals surface area contributed by atoms with E-state index < -0.39 is 0 Å². The number of nitrogens with zero attached hydrogens (tertiary/aromatic N) is 1. The van der Waals surface area contributed by atoms with Crippen LogP contribution in [0.5, 0.6) is 0 Å². The summed E-state index contributed by atoms with van der Waals surface area (Å²) in [4.78, 5) is 25.8. The summed E-state index contributed by atoms with van der Waals surface area (Å²) < 4.78 is 5.27. The molecule has 2 saturated heterocycles. The highest BCUT2D eigenvalue weighted by atomic mass is 16.5. The normalized spacial score (nSPS) is 37.9. The van der Waals surface area contributed by atoms with Crippen molar-refractivity contribution >= 4 is 11.9 Å². The Labute approximate surface area is 100 Å². The van der Waals surface area contributed by atoms with E-state index in [1.165, 1.54) is 4.90 Å². The number of carbonyl (C=O) groups is 2. The summed E-state index contributed by atoms with van der Waals surface area (Å²) in [7, 11) is 0. The van der Waals surface area contributed by atoms with Gasteiger partial charge >= 0.3 is 6.03 Å². The van der Waals surface area contributed by atoms with Gasteiger partial charge in [0, 0.05) is 12.6 Å². The van der Waals surface area contributed by atoms with Gasteiger partial charge in [-0.1, -0.05) is 12.8 Å². The van der Waals surface area contributed by atoms with Crippen LogP contribution in [0.3, 0.4) is 0 Å². The fraction of sp³-hybridized carbons (Fsp3) is 0.833. The standard InChI is InChI=1S/C12H18N2O3/c15-11-9-3-1-2-4-10(9)13-12(16)14(11)8-5-6-17-7-8/h8-10H,1-7H2,(H,13,16). The number of nitrogens with one attached hydrogen (secondary N) is 1. The first-order valence-corrected chi connectivity index (χ1v) is 6.48. The summed E-state index contributed by atoms with van der Waals surface area (Å²) in [6, 6.07) is -0.193. The Kier molecular flexibility index (Phi) is 2.78. The minimum atomic E-state index is -0.214. The molecule has 3 atom stereocenters. The average Bonchev–Trinajstić information content (AvgIpc) is 2.83. The van der Waals surface area contributed by atoms with Crippen LogP contribution in [0.2, 0.25) is 0 Å². The van der Waals surface area contributed by atoms with E-state index in [9.17, 15) is 9.59 Å². The van der Waals surface area contributed by atoms with Crippen molar-refractivity contribution in [3.63, 3.8) is 0 Å². The third-order valence-corrected chi connectivity index (χ3v) is 4.12. The van der Waals surface area contributed by atoms with Gasteiger partial charge in [0.1, 0.15) is 0 Å². The molecule has 3 unspecified atom stereocenters. The van der Waals surface area contributed by atoms with Crippen LogP contribution in [0.25, 0.3) is 0 Å². The van der Waals surface area contributed by atoms with Crippen LogP contribution >= 0.6 is 0 Å². The zero-order valence-electron chi connectivity index (χ0n) is 9.85. The third-order valence-electron chi connectivity index (χ3n) is 4.12. The fourth-order valence-corrected chi connectivity index (χ4v) is 3.18. The summed E-state index contributed by atoms with van der Waals surface area (Å²) in [5, 5.41) is 2.99. The molecule has 94 valence electrons. The molecule has 0 bridgehead atoms. The van der Waals surface area contributed by atoms with Crippen LogP contribution in [0.1, 0.15) is 32.1 Å². The maximum atomic E-state index is 12.4. The monoisotopic (exact) mass is 238 g/mol. The molecule has 0 spiro atoms. The second-order valence-electron chi connectivity index (χ2n) is 5.17. The van der Waals surface area contributed by atoms with E-state index in [-0.39, 0.29) is 29.9 Å². The minimum Gasteiger partial charge on any atom is -0.379 e. The van der Waals surface area contributed by atoms with E-state index >= 15 is 0 Å². The second kappa shape index (κ2) is 4.29. The average molecular weight is 238 g/mol. The second-order valence-corrected chi connectivity index (χ2v) is 5.17. The Balaban J connectivity index is 1.79. The van der Waals surface area contributed by atoms with Gasteiger partial charge in [-0.15, -0.1) is 0 Å². The van der Waals surface area contributed by atoms with Crippen molar-refractivity contribution in [3.05, 3.63) is 0 Å². The third kappa shape index (κ3) is 1.82. The van der Waals surface area contributed by atoms with E-state index in [0.29, 0.717) is 13.2 Å². The Morgan fingerprint density at radius 3 is 2.76 bits per heavy atom. The molecule has 0 radical (unpaired) electrons. The van der Waals surface area contributed by atoms with Crippen LogP contribution in [-0.4, -0.2) is 42.1 Å². The maximum absolute atomic E-state index is 12.4. The van der Waals surface area contributed by atoms with Crippen LogP contribution in [0, 0.1) is 5.92 Å². The quantitative estimate of drug-likeness (QED) is 0.738. The van der Waals surface area contributed by atoms with Crippen molar-refractivity contribution in [1.82, 2.24) is 10.2 Å². The fourth-order valence-electron chi connectivity index (χ4n) is 3.18. The number of rotatable bonds is 1. The molecule has 3 aliphatic rings. The van der Waals surface area contributed by atoms with E-state index in [4.69, 9.17) is 4.74 Å². The molecule has 5 nitrogen and oxygen atoms in total. The lowest BCUT2D eigenvalue weighted by atomic mass is 9.82. The zero-order valence-corrected chi connectivity index (χ0v) is 9.85. The maximum Gasteiger partial charge on any atom is 0.324 e. The van der Waals surface area contributed by atoms with Crippen LogP contribution in [0.15, 0.2) is 0 Å². The topological polar surface area (TPSA) is 58.6 Å². The molecule has 1 saturated carbocycles. The largest absolute Gasteiger partial charge is 0.379 e. The number of hydrogen-bond donors (Lipinski definition) is 1. The minimum absolute atomic E-state index is 0.00190. The van der Waals surface area contributed by atoms with Crippen LogP contribution in [-0.2, 0) is 9.53 Å². The summed E-state index contributed by atoms with van der Waals surface area (Å²) >= 11 is 0. The predicted molar refractivity (Wildman–Crippen MR) is 60.3 cm³/mol.